The van der Waals surface area contributed by atoms with Gasteiger partial charge in [-0.05, 0) is 67.3 Å². The number of nitrogens with one attached hydrogen (secondary N) is 1. The first-order chi connectivity index (χ1) is 8.24. The number of hydrogen-bond donors (Lipinski definition) is 1. The fourth-order valence-electron chi connectivity index (χ4n) is 2.69. The van der Waals surface area contributed by atoms with Crippen LogP contribution in [-0.4, -0.2) is 23.1 Å². The van der Waals surface area contributed by atoms with Crippen LogP contribution in [0.3, 0.4) is 0 Å². The predicted molar refractivity (Wildman–Crippen MR) is 80.2 cm³/mol. The van der Waals surface area contributed by atoms with Gasteiger partial charge in [-0.2, -0.15) is 23.1 Å². The molecule has 96 valence electrons. The smallest absolute Gasteiger partial charge is 0.0285 e. The Bertz CT molecular complexity index is 315. The predicted octanol–water partition coefficient (Wildman–Crippen LogP) is 3.94. The van der Waals surface area contributed by atoms with Crippen molar-refractivity contribution in [3.8, 4) is 0 Å². The molecule has 1 N–H and O–H groups in total. The molecule has 1 aliphatic rings. The van der Waals surface area contributed by atoms with Crippen molar-refractivity contribution in [2.45, 2.75) is 50.3 Å². The molecule has 1 fully saturated rings. The molecule has 1 nitrogen and oxygen atoms in total. The molecule has 0 spiro atoms. The second kappa shape index (κ2) is 6.26. The first-order valence-corrected chi connectivity index (χ1v) is 8.56. The van der Waals surface area contributed by atoms with Gasteiger partial charge in [-0.3, -0.25) is 0 Å². The van der Waals surface area contributed by atoms with Crippen LogP contribution >= 0.6 is 23.1 Å². The average molecular weight is 269 g/mol. The first-order valence-electron chi connectivity index (χ1n) is 6.63. The molecule has 17 heavy (non-hydrogen) atoms. The number of rotatable bonds is 6. The van der Waals surface area contributed by atoms with Gasteiger partial charge in [0.15, 0.2) is 0 Å². The fourth-order valence-corrected chi connectivity index (χ4v) is 4.84. The van der Waals surface area contributed by atoms with Gasteiger partial charge in [0.2, 0.25) is 0 Å². The summed E-state index contributed by atoms with van der Waals surface area (Å²) in [4.78, 5) is 0. The van der Waals surface area contributed by atoms with Crippen molar-refractivity contribution in [3.05, 3.63) is 22.4 Å². The topological polar surface area (TPSA) is 12.0 Å². The standard InChI is InChI=1S/C14H23NS2/c1-3-15-13(14(2)8-4-9-17-14)6-5-12-7-10-16-11-12/h7,10-11,13,15H,3-6,8-9H2,1-2H3. The molecule has 3 heteroatoms. The van der Waals surface area contributed by atoms with Crippen molar-refractivity contribution in [3.63, 3.8) is 0 Å². The monoisotopic (exact) mass is 269 g/mol. The molecule has 0 aliphatic carbocycles. The van der Waals surface area contributed by atoms with E-state index in [2.05, 4.69) is 47.8 Å². The van der Waals surface area contributed by atoms with Gasteiger partial charge in [0.05, 0.1) is 0 Å². The van der Waals surface area contributed by atoms with E-state index in [0.717, 1.165) is 6.54 Å². The third-order valence-electron chi connectivity index (χ3n) is 3.74. The van der Waals surface area contributed by atoms with Gasteiger partial charge < -0.3 is 5.32 Å². The summed E-state index contributed by atoms with van der Waals surface area (Å²) in [6, 6.07) is 2.93. The highest BCUT2D eigenvalue weighted by molar-refractivity contribution is 8.00. The average Bonchev–Trinajstić information content (AvgIpc) is 2.96. The third-order valence-corrected chi connectivity index (χ3v) is 6.11. The maximum atomic E-state index is 3.71. The van der Waals surface area contributed by atoms with Crippen molar-refractivity contribution in [2.24, 2.45) is 0 Å². The molecule has 2 atom stereocenters. The minimum absolute atomic E-state index is 0.464. The summed E-state index contributed by atoms with van der Waals surface area (Å²) in [6.45, 7) is 5.76. The summed E-state index contributed by atoms with van der Waals surface area (Å²) in [5, 5.41) is 8.18. The van der Waals surface area contributed by atoms with E-state index in [9.17, 15) is 0 Å². The van der Waals surface area contributed by atoms with Crippen molar-refractivity contribution >= 4 is 23.1 Å². The summed E-state index contributed by atoms with van der Waals surface area (Å²) in [7, 11) is 0. The van der Waals surface area contributed by atoms with E-state index in [1.165, 1.54) is 37.0 Å². The summed E-state index contributed by atoms with van der Waals surface area (Å²) in [5.41, 5.74) is 1.50. The van der Waals surface area contributed by atoms with E-state index in [4.69, 9.17) is 0 Å². The van der Waals surface area contributed by atoms with Gasteiger partial charge in [-0.1, -0.05) is 6.92 Å². The Kier molecular flexibility index (Phi) is 4.95. The van der Waals surface area contributed by atoms with Gasteiger partial charge in [-0.15, -0.1) is 0 Å². The summed E-state index contributed by atoms with van der Waals surface area (Å²) < 4.78 is 0.464. The highest BCUT2D eigenvalue weighted by atomic mass is 32.2. The lowest BCUT2D eigenvalue weighted by Gasteiger charge is -2.34. The minimum atomic E-state index is 0.464. The van der Waals surface area contributed by atoms with Crippen LogP contribution < -0.4 is 5.32 Å². The van der Waals surface area contributed by atoms with E-state index in [0.29, 0.717) is 10.8 Å². The molecule has 0 aromatic carbocycles. The zero-order valence-corrected chi connectivity index (χ0v) is 12.5. The Balaban J connectivity index is 1.92. The molecule has 2 rings (SSSR count). The van der Waals surface area contributed by atoms with Crippen LogP contribution in [0.25, 0.3) is 0 Å². The quantitative estimate of drug-likeness (QED) is 0.839. The van der Waals surface area contributed by atoms with Gasteiger partial charge in [-0.25, -0.2) is 0 Å². The van der Waals surface area contributed by atoms with Crippen LogP contribution in [0.2, 0.25) is 0 Å². The van der Waals surface area contributed by atoms with Gasteiger partial charge in [0, 0.05) is 10.8 Å². The number of thioether (sulfide) groups is 1. The highest BCUT2D eigenvalue weighted by Crippen LogP contribution is 2.41. The Hall–Kier alpha value is 0.01000. The van der Waals surface area contributed by atoms with E-state index >= 15 is 0 Å². The number of hydrogen-bond acceptors (Lipinski definition) is 3. The molecule has 2 unspecified atom stereocenters. The van der Waals surface area contributed by atoms with E-state index in [1.54, 1.807) is 0 Å². The van der Waals surface area contributed by atoms with Crippen LogP contribution in [0.15, 0.2) is 16.8 Å². The molecule has 1 aliphatic heterocycles. The lowest BCUT2D eigenvalue weighted by Crippen LogP contribution is -2.45. The molecular weight excluding hydrogens is 246 g/mol. The highest BCUT2D eigenvalue weighted by Gasteiger charge is 2.36. The molecule has 0 saturated carbocycles. The first kappa shape index (κ1) is 13.4. The molecular formula is C14H23NS2. The van der Waals surface area contributed by atoms with Crippen molar-refractivity contribution < 1.29 is 0 Å². The van der Waals surface area contributed by atoms with E-state index < -0.39 is 0 Å². The van der Waals surface area contributed by atoms with Gasteiger partial charge >= 0.3 is 0 Å². The van der Waals surface area contributed by atoms with Gasteiger partial charge in [0.1, 0.15) is 0 Å². The maximum Gasteiger partial charge on any atom is 0.0285 e. The van der Waals surface area contributed by atoms with Crippen LogP contribution in [0.5, 0.6) is 0 Å². The Morgan fingerprint density at radius 1 is 1.53 bits per heavy atom. The third kappa shape index (κ3) is 3.49. The number of aryl methyl sites for hydroxylation is 1. The molecule has 2 heterocycles. The Morgan fingerprint density at radius 2 is 2.41 bits per heavy atom. The molecule has 1 saturated heterocycles. The fraction of sp³-hybridized carbons (Fsp3) is 0.714. The maximum absolute atomic E-state index is 3.71. The second-order valence-corrected chi connectivity index (χ2v) is 7.45. The lowest BCUT2D eigenvalue weighted by molar-refractivity contribution is 0.388. The van der Waals surface area contributed by atoms with Gasteiger partial charge in [0.25, 0.3) is 0 Å². The molecule has 0 radical (unpaired) electrons. The van der Waals surface area contributed by atoms with Crippen LogP contribution in [0.1, 0.15) is 38.7 Å². The largest absolute Gasteiger partial charge is 0.313 e. The van der Waals surface area contributed by atoms with E-state index in [-0.39, 0.29) is 0 Å². The lowest BCUT2D eigenvalue weighted by atomic mass is 9.91. The molecule has 0 amide bonds. The van der Waals surface area contributed by atoms with Crippen LogP contribution in [0, 0.1) is 0 Å². The van der Waals surface area contributed by atoms with Crippen molar-refractivity contribution in [2.75, 3.05) is 12.3 Å². The van der Waals surface area contributed by atoms with Crippen molar-refractivity contribution in [1.82, 2.24) is 5.32 Å². The SMILES string of the molecule is CCNC(CCc1ccsc1)C1(C)CCCS1. The summed E-state index contributed by atoms with van der Waals surface area (Å²) in [6.07, 6.45) is 5.26. The zero-order chi connectivity index (χ0) is 12.1. The summed E-state index contributed by atoms with van der Waals surface area (Å²) >= 11 is 3.98. The summed E-state index contributed by atoms with van der Waals surface area (Å²) in [5.74, 6) is 1.34. The Labute approximate surface area is 113 Å². The molecule has 1 aromatic heterocycles. The Morgan fingerprint density at radius 3 is 3.00 bits per heavy atom. The van der Waals surface area contributed by atoms with E-state index in [1.807, 2.05) is 11.3 Å². The molecule has 1 aromatic rings. The molecule has 0 bridgehead atoms. The normalized spacial score (nSPS) is 26.2. The van der Waals surface area contributed by atoms with Crippen molar-refractivity contribution in [1.29, 1.82) is 0 Å². The zero-order valence-electron chi connectivity index (χ0n) is 10.9. The van der Waals surface area contributed by atoms with Crippen LogP contribution in [-0.2, 0) is 6.42 Å². The second-order valence-electron chi connectivity index (χ2n) is 5.05. The van der Waals surface area contributed by atoms with Crippen LogP contribution in [0.4, 0.5) is 0 Å². The number of thiophene rings is 1. The minimum Gasteiger partial charge on any atom is -0.313 e.